The molecule has 0 fully saturated rings. The predicted octanol–water partition coefficient (Wildman–Crippen LogP) is 3.44. The number of nitrogens with zero attached hydrogens (tertiary/aromatic N) is 2. The predicted molar refractivity (Wildman–Crippen MR) is 111 cm³/mol. The van der Waals surface area contributed by atoms with Gasteiger partial charge < -0.3 is 10.1 Å². The number of carbonyl (C=O) groups is 2. The summed E-state index contributed by atoms with van der Waals surface area (Å²) in [7, 11) is 1.60. The number of unbranched alkanes of at least 4 members (excludes halogenated alkanes) is 2. The summed E-state index contributed by atoms with van der Waals surface area (Å²) in [6, 6.07) is 6.61. The van der Waals surface area contributed by atoms with Crippen LogP contribution in [0, 0.1) is 0 Å². The van der Waals surface area contributed by atoms with E-state index in [2.05, 4.69) is 27.8 Å². The Kier molecular flexibility index (Phi) is 8.61. The van der Waals surface area contributed by atoms with E-state index in [1.165, 1.54) is 17.4 Å². The number of hydrogen-bond acceptors (Lipinski definition) is 6. The fraction of sp³-hybridized carbons (Fsp3) is 0.400. The number of methoxy groups -OCH3 is 1. The van der Waals surface area contributed by atoms with Gasteiger partial charge >= 0.3 is 0 Å². The van der Waals surface area contributed by atoms with Crippen LogP contribution in [0.2, 0.25) is 0 Å². The van der Waals surface area contributed by atoms with Crippen molar-refractivity contribution in [3.63, 3.8) is 0 Å². The Morgan fingerprint density at radius 1 is 1.21 bits per heavy atom. The number of ether oxygens (including phenoxy) is 1. The summed E-state index contributed by atoms with van der Waals surface area (Å²) >= 11 is 1.37. The molecule has 0 radical (unpaired) electrons. The highest BCUT2D eigenvalue weighted by Gasteiger charge is 2.16. The molecule has 0 spiro atoms. The summed E-state index contributed by atoms with van der Waals surface area (Å²) in [5.74, 6) is 0.0653. The molecule has 1 aromatic heterocycles. The summed E-state index contributed by atoms with van der Waals surface area (Å²) in [5, 5.41) is 14.8. The van der Waals surface area contributed by atoms with Crippen molar-refractivity contribution in [1.82, 2.24) is 15.5 Å². The molecule has 2 rings (SSSR count). The van der Waals surface area contributed by atoms with Crippen LogP contribution >= 0.6 is 11.3 Å². The molecular weight excluding hydrogens is 376 g/mol. The van der Waals surface area contributed by atoms with E-state index in [1.54, 1.807) is 20.1 Å². The summed E-state index contributed by atoms with van der Waals surface area (Å²) in [6.07, 6.45) is 7.28. The molecule has 150 valence electrons. The summed E-state index contributed by atoms with van der Waals surface area (Å²) in [4.78, 5) is 24.3. The summed E-state index contributed by atoms with van der Waals surface area (Å²) < 4.78 is 5.09. The molecule has 1 atom stereocenters. The van der Waals surface area contributed by atoms with Gasteiger partial charge in [-0.15, -0.1) is 10.2 Å². The van der Waals surface area contributed by atoms with E-state index in [0.717, 1.165) is 42.0 Å². The lowest BCUT2D eigenvalue weighted by molar-refractivity contribution is -0.123. The maximum atomic E-state index is 12.2. The van der Waals surface area contributed by atoms with Gasteiger partial charge in [-0.05, 0) is 37.1 Å². The molecule has 0 bridgehead atoms. The van der Waals surface area contributed by atoms with Gasteiger partial charge in [0.15, 0.2) is 0 Å². The van der Waals surface area contributed by atoms with Crippen LogP contribution in [-0.4, -0.2) is 35.2 Å². The van der Waals surface area contributed by atoms with E-state index < -0.39 is 6.04 Å². The van der Waals surface area contributed by atoms with Crippen molar-refractivity contribution in [1.29, 1.82) is 0 Å². The van der Waals surface area contributed by atoms with Gasteiger partial charge in [-0.3, -0.25) is 14.9 Å². The van der Waals surface area contributed by atoms with Crippen molar-refractivity contribution in [3.05, 3.63) is 40.9 Å². The first-order valence-corrected chi connectivity index (χ1v) is 10.1. The van der Waals surface area contributed by atoms with Crippen LogP contribution in [0.5, 0.6) is 5.75 Å². The molecule has 0 aliphatic carbocycles. The van der Waals surface area contributed by atoms with Crippen molar-refractivity contribution in [2.75, 3.05) is 12.4 Å². The lowest BCUT2D eigenvalue weighted by Crippen LogP contribution is -2.40. The minimum atomic E-state index is -0.694. The third-order valence-corrected chi connectivity index (χ3v) is 4.88. The maximum absolute atomic E-state index is 12.2. The van der Waals surface area contributed by atoms with Crippen LogP contribution in [0.15, 0.2) is 30.3 Å². The standard InChI is InChI=1S/C20H26N4O3S/c1-4-5-6-7-18-23-24-20(28-18)22-19(26)14(2)21-17(25)13-10-15-8-11-16(27-3)12-9-15/h8-14H,4-7H2,1-3H3,(H,21,25)(H,22,24,26). The number of nitrogens with one attached hydrogen (secondary N) is 2. The largest absolute Gasteiger partial charge is 0.497 e. The second kappa shape index (κ2) is 11.2. The lowest BCUT2D eigenvalue weighted by Gasteiger charge is -2.11. The van der Waals surface area contributed by atoms with Crippen LogP contribution < -0.4 is 15.4 Å². The molecular formula is C20H26N4O3S. The van der Waals surface area contributed by atoms with Gasteiger partial charge in [0, 0.05) is 12.5 Å². The Labute approximate surface area is 169 Å². The number of hydrogen-bond donors (Lipinski definition) is 2. The first-order valence-electron chi connectivity index (χ1n) is 9.27. The smallest absolute Gasteiger partial charge is 0.248 e. The van der Waals surface area contributed by atoms with Crippen molar-refractivity contribution in [2.24, 2.45) is 0 Å². The molecule has 0 saturated heterocycles. The van der Waals surface area contributed by atoms with E-state index >= 15 is 0 Å². The van der Waals surface area contributed by atoms with Crippen LogP contribution in [0.25, 0.3) is 6.08 Å². The molecule has 8 heteroatoms. The second-order valence-electron chi connectivity index (χ2n) is 6.28. The Hall–Kier alpha value is -2.74. The number of aromatic nitrogens is 2. The Morgan fingerprint density at radius 3 is 2.64 bits per heavy atom. The molecule has 2 amide bonds. The molecule has 1 heterocycles. The molecule has 7 nitrogen and oxygen atoms in total. The molecule has 0 aliphatic rings. The Morgan fingerprint density at radius 2 is 1.96 bits per heavy atom. The van der Waals surface area contributed by atoms with Gasteiger partial charge in [-0.25, -0.2) is 0 Å². The van der Waals surface area contributed by atoms with Crippen LogP contribution in [0.4, 0.5) is 5.13 Å². The number of anilines is 1. The van der Waals surface area contributed by atoms with Crippen LogP contribution in [0.1, 0.15) is 43.7 Å². The van der Waals surface area contributed by atoms with Crippen LogP contribution in [0.3, 0.4) is 0 Å². The molecule has 2 N–H and O–H groups in total. The Bertz CT molecular complexity index is 802. The number of carbonyl (C=O) groups excluding carboxylic acids is 2. The number of amides is 2. The molecule has 1 aromatic carbocycles. The molecule has 2 aromatic rings. The van der Waals surface area contributed by atoms with Gasteiger partial charge in [-0.1, -0.05) is 43.2 Å². The van der Waals surface area contributed by atoms with E-state index in [1.807, 2.05) is 24.3 Å². The SMILES string of the molecule is CCCCCc1nnc(NC(=O)C(C)NC(=O)C=Cc2ccc(OC)cc2)s1. The van der Waals surface area contributed by atoms with Gasteiger partial charge in [0.1, 0.15) is 16.8 Å². The highest BCUT2D eigenvalue weighted by molar-refractivity contribution is 7.15. The average Bonchev–Trinajstić information content (AvgIpc) is 3.14. The highest BCUT2D eigenvalue weighted by Crippen LogP contribution is 2.17. The normalized spacial score (nSPS) is 12.0. The van der Waals surface area contributed by atoms with Crippen molar-refractivity contribution >= 4 is 34.4 Å². The maximum Gasteiger partial charge on any atom is 0.248 e. The molecule has 0 aliphatic heterocycles. The third-order valence-electron chi connectivity index (χ3n) is 3.99. The minimum Gasteiger partial charge on any atom is -0.497 e. The van der Waals surface area contributed by atoms with E-state index in [-0.39, 0.29) is 11.8 Å². The van der Waals surface area contributed by atoms with Gasteiger partial charge in [-0.2, -0.15) is 0 Å². The van der Waals surface area contributed by atoms with Crippen molar-refractivity contribution in [2.45, 2.75) is 45.6 Å². The second-order valence-corrected chi connectivity index (χ2v) is 7.35. The average molecular weight is 403 g/mol. The van der Waals surface area contributed by atoms with E-state index in [9.17, 15) is 9.59 Å². The fourth-order valence-electron chi connectivity index (χ4n) is 2.36. The van der Waals surface area contributed by atoms with Gasteiger partial charge in [0.2, 0.25) is 16.9 Å². The zero-order valence-electron chi connectivity index (χ0n) is 16.4. The first-order chi connectivity index (χ1) is 13.5. The fourth-order valence-corrected chi connectivity index (χ4v) is 3.14. The van der Waals surface area contributed by atoms with Crippen LogP contribution in [-0.2, 0) is 16.0 Å². The number of benzene rings is 1. The molecule has 0 saturated carbocycles. The number of rotatable bonds is 10. The van der Waals surface area contributed by atoms with Crippen molar-refractivity contribution < 1.29 is 14.3 Å². The minimum absolute atomic E-state index is 0.331. The van der Waals surface area contributed by atoms with E-state index in [4.69, 9.17) is 4.74 Å². The highest BCUT2D eigenvalue weighted by atomic mass is 32.1. The first kappa shape index (κ1) is 21.6. The zero-order chi connectivity index (χ0) is 20.4. The van der Waals surface area contributed by atoms with Crippen molar-refractivity contribution in [3.8, 4) is 5.75 Å². The lowest BCUT2D eigenvalue weighted by atomic mass is 10.2. The monoisotopic (exact) mass is 402 g/mol. The molecule has 28 heavy (non-hydrogen) atoms. The Balaban J connectivity index is 1.80. The van der Waals surface area contributed by atoms with Gasteiger partial charge in [0.25, 0.3) is 0 Å². The van der Waals surface area contributed by atoms with E-state index in [0.29, 0.717) is 5.13 Å². The number of aryl methyl sites for hydroxylation is 1. The summed E-state index contributed by atoms with van der Waals surface area (Å²) in [6.45, 7) is 3.77. The quantitative estimate of drug-likeness (QED) is 0.469. The summed E-state index contributed by atoms with van der Waals surface area (Å²) in [5.41, 5.74) is 0.859. The van der Waals surface area contributed by atoms with Gasteiger partial charge in [0.05, 0.1) is 7.11 Å². The zero-order valence-corrected chi connectivity index (χ0v) is 17.2. The molecule has 1 unspecified atom stereocenters. The third kappa shape index (κ3) is 7.11. The topological polar surface area (TPSA) is 93.2 Å².